The SMILES string of the molecule is C=CCc1c(C=C(C)C)c2cc(I)ccc2n1-c1ccccc1. The van der Waals surface area contributed by atoms with Crippen LogP contribution in [-0.4, -0.2) is 4.57 Å². The first kappa shape index (κ1) is 16.1. The highest BCUT2D eigenvalue weighted by molar-refractivity contribution is 14.1. The van der Waals surface area contributed by atoms with Gasteiger partial charge in [-0.2, -0.15) is 0 Å². The third-order valence-electron chi connectivity index (χ3n) is 3.86. The summed E-state index contributed by atoms with van der Waals surface area (Å²) in [5.41, 5.74) is 6.36. The summed E-state index contributed by atoms with van der Waals surface area (Å²) >= 11 is 2.39. The van der Waals surface area contributed by atoms with Crippen LogP contribution < -0.4 is 0 Å². The summed E-state index contributed by atoms with van der Waals surface area (Å²) in [6.07, 6.45) is 5.12. The quantitative estimate of drug-likeness (QED) is 0.345. The van der Waals surface area contributed by atoms with Crippen LogP contribution in [0.3, 0.4) is 0 Å². The molecule has 0 amide bonds. The van der Waals surface area contributed by atoms with Gasteiger partial charge in [-0.3, -0.25) is 0 Å². The van der Waals surface area contributed by atoms with Crippen LogP contribution >= 0.6 is 22.6 Å². The van der Waals surface area contributed by atoms with Crippen molar-refractivity contribution in [3.05, 3.63) is 81.6 Å². The van der Waals surface area contributed by atoms with Gasteiger partial charge in [-0.25, -0.2) is 0 Å². The molecule has 0 aliphatic carbocycles. The maximum Gasteiger partial charge on any atom is 0.0538 e. The van der Waals surface area contributed by atoms with Gasteiger partial charge in [0.1, 0.15) is 0 Å². The Bertz CT molecular complexity index is 881. The van der Waals surface area contributed by atoms with Crippen molar-refractivity contribution in [1.82, 2.24) is 4.57 Å². The lowest BCUT2D eigenvalue weighted by atomic mass is 10.1. The van der Waals surface area contributed by atoms with Crippen LogP contribution in [0.4, 0.5) is 0 Å². The van der Waals surface area contributed by atoms with Gasteiger partial charge >= 0.3 is 0 Å². The highest BCUT2D eigenvalue weighted by atomic mass is 127. The van der Waals surface area contributed by atoms with Crippen molar-refractivity contribution in [2.75, 3.05) is 0 Å². The second-order valence-electron chi connectivity index (χ2n) is 5.91. The molecule has 0 bridgehead atoms. The molecule has 3 aromatic rings. The van der Waals surface area contributed by atoms with Crippen LogP contribution in [-0.2, 0) is 6.42 Å². The molecule has 23 heavy (non-hydrogen) atoms. The van der Waals surface area contributed by atoms with Crippen molar-refractivity contribution < 1.29 is 0 Å². The Balaban J connectivity index is 2.44. The highest BCUT2D eigenvalue weighted by Gasteiger charge is 2.16. The molecule has 0 radical (unpaired) electrons. The minimum atomic E-state index is 0.846. The number of halogens is 1. The summed E-state index contributed by atoms with van der Waals surface area (Å²) in [7, 11) is 0. The van der Waals surface area contributed by atoms with Crippen LogP contribution in [0, 0.1) is 3.57 Å². The van der Waals surface area contributed by atoms with Crippen LogP contribution in [0.2, 0.25) is 0 Å². The van der Waals surface area contributed by atoms with Gasteiger partial charge in [0, 0.05) is 32.3 Å². The molecule has 1 nitrogen and oxygen atoms in total. The van der Waals surface area contributed by atoms with E-state index >= 15 is 0 Å². The van der Waals surface area contributed by atoms with Crippen molar-refractivity contribution in [3.63, 3.8) is 0 Å². The van der Waals surface area contributed by atoms with Crippen molar-refractivity contribution >= 4 is 39.6 Å². The van der Waals surface area contributed by atoms with E-state index in [2.05, 4.69) is 102 Å². The standard InChI is InChI=1S/C21H20IN/c1-4-8-20-18(13-15(2)3)19-14-16(22)11-12-21(19)23(20)17-9-6-5-7-10-17/h4-7,9-14H,1,8H2,2-3H3. The number of fused-ring (bicyclic) bond motifs is 1. The molecule has 0 spiro atoms. The second-order valence-corrected chi connectivity index (χ2v) is 7.15. The van der Waals surface area contributed by atoms with Gasteiger partial charge in [0.05, 0.1) is 5.52 Å². The Morgan fingerprint density at radius 3 is 2.52 bits per heavy atom. The molecule has 2 heteroatoms. The molecule has 1 aromatic heterocycles. The Hall–Kier alpha value is -1.81. The lowest BCUT2D eigenvalue weighted by Gasteiger charge is -2.10. The van der Waals surface area contributed by atoms with Gasteiger partial charge in [0.15, 0.2) is 0 Å². The summed E-state index contributed by atoms with van der Waals surface area (Å²) in [5.74, 6) is 0. The monoisotopic (exact) mass is 413 g/mol. The van der Waals surface area contributed by atoms with Gasteiger partial charge in [-0.1, -0.05) is 35.9 Å². The molecule has 0 saturated carbocycles. The average Bonchev–Trinajstić information content (AvgIpc) is 2.81. The fourth-order valence-corrected chi connectivity index (χ4v) is 3.49. The normalized spacial score (nSPS) is 10.7. The first-order chi connectivity index (χ1) is 11.1. The minimum absolute atomic E-state index is 0.846. The Morgan fingerprint density at radius 1 is 1.13 bits per heavy atom. The van der Waals surface area contributed by atoms with Gasteiger partial charge in [0.2, 0.25) is 0 Å². The lowest BCUT2D eigenvalue weighted by Crippen LogP contribution is -2.00. The zero-order chi connectivity index (χ0) is 16.4. The van der Waals surface area contributed by atoms with E-state index in [0.717, 1.165) is 6.42 Å². The van der Waals surface area contributed by atoms with Crippen LogP contribution in [0.1, 0.15) is 25.1 Å². The van der Waals surface area contributed by atoms with Crippen molar-refractivity contribution in [2.24, 2.45) is 0 Å². The Kier molecular flexibility index (Phi) is 4.71. The molecule has 0 fully saturated rings. The van der Waals surface area contributed by atoms with Gasteiger partial charge < -0.3 is 4.57 Å². The summed E-state index contributed by atoms with van der Waals surface area (Å²) in [6, 6.07) is 17.2. The topological polar surface area (TPSA) is 4.93 Å². The van der Waals surface area contributed by atoms with E-state index in [9.17, 15) is 0 Å². The number of allylic oxidation sites excluding steroid dienone is 2. The largest absolute Gasteiger partial charge is 0.313 e. The average molecular weight is 413 g/mol. The highest BCUT2D eigenvalue weighted by Crippen LogP contribution is 2.33. The van der Waals surface area contributed by atoms with E-state index in [0.29, 0.717) is 0 Å². The number of aromatic nitrogens is 1. The van der Waals surface area contributed by atoms with E-state index in [1.54, 1.807) is 0 Å². The smallest absolute Gasteiger partial charge is 0.0538 e. The molecular formula is C21H20IN. The maximum absolute atomic E-state index is 3.96. The first-order valence-corrected chi connectivity index (χ1v) is 8.83. The zero-order valence-corrected chi connectivity index (χ0v) is 15.7. The number of benzene rings is 2. The summed E-state index contributed by atoms with van der Waals surface area (Å²) in [5, 5.41) is 1.30. The zero-order valence-electron chi connectivity index (χ0n) is 13.5. The molecule has 1 heterocycles. The predicted molar refractivity (Wildman–Crippen MR) is 109 cm³/mol. The summed E-state index contributed by atoms with van der Waals surface area (Å²) in [4.78, 5) is 0. The number of nitrogens with zero attached hydrogens (tertiary/aromatic N) is 1. The molecule has 0 N–H and O–H groups in total. The number of para-hydroxylation sites is 1. The van der Waals surface area contributed by atoms with Gasteiger partial charge in [-0.15, -0.1) is 6.58 Å². The fourth-order valence-electron chi connectivity index (χ4n) is 3.00. The van der Waals surface area contributed by atoms with Gasteiger partial charge in [0.25, 0.3) is 0 Å². The van der Waals surface area contributed by atoms with Crippen molar-refractivity contribution in [2.45, 2.75) is 20.3 Å². The molecule has 3 rings (SSSR count). The molecule has 2 aromatic carbocycles. The van der Waals surface area contributed by atoms with E-state index in [1.165, 1.54) is 37.0 Å². The van der Waals surface area contributed by atoms with Crippen LogP contribution in [0.25, 0.3) is 22.7 Å². The van der Waals surface area contributed by atoms with E-state index in [4.69, 9.17) is 0 Å². The molecular weight excluding hydrogens is 393 g/mol. The maximum atomic E-state index is 3.96. The molecule has 0 saturated heterocycles. The fraction of sp³-hybridized carbons (Fsp3) is 0.143. The summed E-state index contributed by atoms with van der Waals surface area (Å²) in [6.45, 7) is 8.26. The minimum Gasteiger partial charge on any atom is -0.313 e. The first-order valence-electron chi connectivity index (χ1n) is 7.76. The number of rotatable bonds is 4. The van der Waals surface area contributed by atoms with Crippen molar-refractivity contribution in [1.29, 1.82) is 0 Å². The molecule has 0 atom stereocenters. The Labute approximate surface area is 151 Å². The summed E-state index contributed by atoms with van der Waals surface area (Å²) < 4.78 is 3.62. The molecule has 0 aliphatic heterocycles. The van der Waals surface area contributed by atoms with Crippen LogP contribution in [0.5, 0.6) is 0 Å². The van der Waals surface area contributed by atoms with E-state index in [-0.39, 0.29) is 0 Å². The van der Waals surface area contributed by atoms with Crippen molar-refractivity contribution in [3.8, 4) is 5.69 Å². The number of hydrogen-bond acceptors (Lipinski definition) is 0. The third kappa shape index (κ3) is 3.13. The van der Waals surface area contributed by atoms with Crippen LogP contribution in [0.15, 0.2) is 66.8 Å². The molecule has 0 unspecified atom stereocenters. The third-order valence-corrected chi connectivity index (χ3v) is 4.53. The number of hydrogen-bond donors (Lipinski definition) is 0. The van der Waals surface area contributed by atoms with Gasteiger partial charge in [-0.05, 0) is 66.8 Å². The molecule has 0 aliphatic rings. The van der Waals surface area contributed by atoms with E-state index in [1.807, 2.05) is 6.08 Å². The lowest BCUT2D eigenvalue weighted by molar-refractivity contribution is 1.00. The van der Waals surface area contributed by atoms with E-state index < -0.39 is 0 Å². The second kappa shape index (κ2) is 6.75. The Morgan fingerprint density at radius 2 is 1.87 bits per heavy atom. The predicted octanol–water partition coefficient (Wildman–Crippen LogP) is 6.39. The molecule has 116 valence electrons.